The molecule has 0 saturated carbocycles. The van der Waals surface area contributed by atoms with Crippen molar-refractivity contribution in [1.29, 1.82) is 0 Å². The zero-order valence-corrected chi connectivity index (χ0v) is 14.8. The van der Waals surface area contributed by atoms with Crippen molar-refractivity contribution in [3.05, 3.63) is 54.1 Å². The van der Waals surface area contributed by atoms with Gasteiger partial charge in [0.05, 0.1) is 29.0 Å². The number of hydrogen-bond donors (Lipinski definition) is 2. The quantitative estimate of drug-likeness (QED) is 0.729. The van der Waals surface area contributed by atoms with Crippen LogP contribution < -0.4 is 11.1 Å². The summed E-state index contributed by atoms with van der Waals surface area (Å²) in [5.74, 6) is -0.982. The predicted molar refractivity (Wildman–Crippen MR) is 97.4 cm³/mol. The third-order valence-corrected chi connectivity index (χ3v) is 4.47. The summed E-state index contributed by atoms with van der Waals surface area (Å²) in [6.07, 6.45) is 3.10. The number of primary amides is 1. The molecular weight excluding hydrogens is 338 g/mol. The molecule has 1 amide bonds. The molecule has 0 bridgehead atoms. The molecule has 0 fully saturated rings. The minimum atomic E-state index is -1.51. The zero-order valence-electron chi connectivity index (χ0n) is 14.8. The Morgan fingerprint density at radius 1 is 1.27 bits per heavy atom. The molecule has 3 N–H and O–H groups in total. The lowest BCUT2D eigenvalue weighted by Gasteiger charge is -2.26. The van der Waals surface area contributed by atoms with Gasteiger partial charge < -0.3 is 11.1 Å². The van der Waals surface area contributed by atoms with Crippen LogP contribution in [0.2, 0.25) is 0 Å². The van der Waals surface area contributed by atoms with Crippen molar-refractivity contribution in [2.75, 3.05) is 5.32 Å². The minimum absolute atomic E-state index is 0.178. The number of nitrogens with one attached hydrogen (secondary N) is 1. The lowest BCUT2D eigenvalue weighted by atomic mass is 10.0. The summed E-state index contributed by atoms with van der Waals surface area (Å²) in [7, 11) is 0. The minimum Gasteiger partial charge on any atom is -0.377 e. The molecule has 2 heterocycles. The number of nitrogens with two attached hydrogens (primary N) is 1. The third-order valence-electron chi connectivity index (χ3n) is 4.47. The molecular formula is C19H20F2N4O. The zero-order chi connectivity index (χ0) is 19.1. The maximum atomic E-state index is 14.3. The predicted octanol–water partition coefficient (Wildman–Crippen LogP) is 3.79. The van der Waals surface area contributed by atoms with Crippen LogP contribution in [0.15, 0.2) is 42.7 Å². The van der Waals surface area contributed by atoms with Crippen LogP contribution in [0.1, 0.15) is 31.1 Å². The second-order valence-electron chi connectivity index (χ2n) is 6.79. The van der Waals surface area contributed by atoms with Crippen molar-refractivity contribution in [3.63, 3.8) is 0 Å². The van der Waals surface area contributed by atoms with Gasteiger partial charge in [0, 0.05) is 11.8 Å². The van der Waals surface area contributed by atoms with Gasteiger partial charge in [-0.2, -0.15) is 5.10 Å². The van der Waals surface area contributed by atoms with Gasteiger partial charge in [0.1, 0.15) is 11.5 Å². The number of carbonyl (C=O) groups is 1. The molecule has 0 radical (unpaired) electrons. The largest absolute Gasteiger partial charge is 0.377 e. The molecule has 0 spiro atoms. The fourth-order valence-electron chi connectivity index (χ4n) is 2.58. The summed E-state index contributed by atoms with van der Waals surface area (Å²) in [6, 6.07) is 7.27. The van der Waals surface area contributed by atoms with Crippen molar-refractivity contribution < 1.29 is 13.6 Å². The molecule has 0 saturated heterocycles. The molecule has 1 unspecified atom stereocenters. The number of rotatable bonds is 5. The number of alkyl halides is 1. The molecule has 1 atom stereocenters. The van der Waals surface area contributed by atoms with Gasteiger partial charge in [-0.15, -0.1) is 0 Å². The Kier molecular flexibility index (Phi) is 4.39. The van der Waals surface area contributed by atoms with Gasteiger partial charge in [0.2, 0.25) is 0 Å². The van der Waals surface area contributed by atoms with Gasteiger partial charge in [-0.3, -0.25) is 4.79 Å². The van der Waals surface area contributed by atoms with Crippen LogP contribution in [0, 0.1) is 5.82 Å². The lowest BCUT2D eigenvalue weighted by Crippen LogP contribution is -2.36. The van der Waals surface area contributed by atoms with E-state index >= 15 is 0 Å². The van der Waals surface area contributed by atoms with E-state index < -0.39 is 17.6 Å². The maximum Gasteiger partial charge on any atom is 0.252 e. The van der Waals surface area contributed by atoms with E-state index in [0.717, 1.165) is 11.1 Å². The molecule has 2 aromatic heterocycles. The molecule has 7 heteroatoms. The van der Waals surface area contributed by atoms with Crippen LogP contribution in [0.25, 0.3) is 16.6 Å². The topological polar surface area (TPSA) is 72.4 Å². The summed E-state index contributed by atoms with van der Waals surface area (Å²) in [5, 5.41) is 7.26. The van der Waals surface area contributed by atoms with Gasteiger partial charge in [-0.25, -0.2) is 13.3 Å². The second-order valence-corrected chi connectivity index (χ2v) is 6.79. The van der Waals surface area contributed by atoms with E-state index in [1.165, 1.54) is 32.2 Å². The molecule has 5 nitrogen and oxygen atoms in total. The monoisotopic (exact) mass is 358 g/mol. The van der Waals surface area contributed by atoms with Crippen LogP contribution in [0.3, 0.4) is 0 Å². The molecule has 0 aliphatic rings. The fourth-order valence-corrected chi connectivity index (χ4v) is 2.58. The van der Waals surface area contributed by atoms with Crippen molar-refractivity contribution >= 4 is 17.1 Å². The Bertz CT molecular complexity index is 958. The maximum absolute atomic E-state index is 14.3. The third kappa shape index (κ3) is 3.37. The first-order valence-corrected chi connectivity index (χ1v) is 8.19. The molecule has 0 aliphatic heterocycles. The Balaban J connectivity index is 2.14. The average Bonchev–Trinajstić information content (AvgIpc) is 2.99. The Morgan fingerprint density at radius 2 is 1.92 bits per heavy atom. The summed E-state index contributed by atoms with van der Waals surface area (Å²) in [4.78, 5) is 11.8. The van der Waals surface area contributed by atoms with Crippen molar-refractivity contribution in [3.8, 4) is 11.1 Å². The van der Waals surface area contributed by atoms with E-state index in [0.29, 0.717) is 11.2 Å². The highest BCUT2D eigenvalue weighted by molar-refractivity contribution is 6.02. The first kappa shape index (κ1) is 17.8. The fraction of sp³-hybridized carbons (Fsp3) is 0.263. The summed E-state index contributed by atoms with van der Waals surface area (Å²) in [5.41, 5.74) is 6.70. The first-order chi connectivity index (χ1) is 12.2. The molecule has 3 rings (SSSR count). The van der Waals surface area contributed by atoms with E-state index in [4.69, 9.17) is 5.73 Å². The van der Waals surface area contributed by atoms with Gasteiger partial charge in [0.15, 0.2) is 0 Å². The highest BCUT2D eigenvalue weighted by Crippen LogP contribution is 2.30. The second kappa shape index (κ2) is 6.40. The number of halogens is 2. The summed E-state index contributed by atoms with van der Waals surface area (Å²) < 4.78 is 29.0. The van der Waals surface area contributed by atoms with E-state index in [2.05, 4.69) is 10.4 Å². The van der Waals surface area contributed by atoms with Gasteiger partial charge >= 0.3 is 0 Å². The lowest BCUT2D eigenvalue weighted by molar-refractivity contribution is 0.1000. The highest BCUT2D eigenvalue weighted by Gasteiger charge is 2.27. The Hall–Kier alpha value is -2.96. The van der Waals surface area contributed by atoms with Gasteiger partial charge in [-0.1, -0.05) is 12.1 Å². The van der Waals surface area contributed by atoms with Crippen molar-refractivity contribution in [1.82, 2.24) is 9.61 Å². The Labute approximate surface area is 149 Å². The van der Waals surface area contributed by atoms with E-state index in [1.54, 1.807) is 35.8 Å². The molecule has 3 aromatic rings. The number of benzene rings is 1. The number of nitrogens with zero attached hydrogens (tertiary/aromatic N) is 2. The first-order valence-electron chi connectivity index (χ1n) is 8.19. The van der Waals surface area contributed by atoms with E-state index in [1.807, 2.05) is 0 Å². The molecule has 136 valence electrons. The SMILES string of the molecule is CC(Nc1c(C(N)=O)cnn2cc(-c3ccc(F)cc3)cc12)C(C)(C)F. The molecule has 1 aromatic carbocycles. The average molecular weight is 358 g/mol. The smallest absolute Gasteiger partial charge is 0.252 e. The van der Waals surface area contributed by atoms with Crippen molar-refractivity contribution in [2.45, 2.75) is 32.5 Å². The normalized spacial score (nSPS) is 13.0. The van der Waals surface area contributed by atoms with Crippen LogP contribution in [0.4, 0.5) is 14.5 Å². The standard InChI is InChI=1S/C19H20F2N4O/c1-11(19(2,3)21)24-17-15(18(22)26)9-23-25-10-13(8-16(17)25)12-4-6-14(20)7-5-12/h4-11,24H,1-3H3,(H2,22,26). The van der Waals surface area contributed by atoms with E-state index in [9.17, 15) is 13.6 Å². The summed E-state index contributed by atoms with van der Waals surface area (Å²) >= 11 is 0. The summed E-state index contributed by atoms with van der Waals surface area (Å²) in [6.45, 7) is 4.59. The molecule has 26 heavy (non-hydrogen) atoms. The van der Waals surface area contributed by atoms with Gasteiger partial charge in [0.25, 0.3) is 5.91 Å². The Morgan fingerprint density at radius 3 is 2.50 bits per heavy atom. The van der Waals surface area contributed by atoms with Crippen molar-refractivity contribution in [2.24, 2.45) is 5.73 Å². The highest BCUT2D eigenvalue weighted by atomic mass is 19.1. The number of anilines is 1. The number of carbonyl (C=O) groups excluding carboxylic acids is 1. The van der Waals surface area contributed by atoms with Gasteiger partial charge in [-0.05, 0) is 44.5 Å². The number of hydrogen-bond acceptors (Lipinski definition) is 3. The van der Waals surface area contributed by atoms with Crippen LogP contribution >= 0.6 is 0 Å². The number of amides is 1. The molecule has 0 aliphatic carbocycles. The van der Waals surface area contributed by atoms with Crippen LogP contribution in [-0.4, -0.2) is 27.2 Å². The van der Waals surface area contributed by atoms with Crippen LogP contribution in [0.5, 0.6) is 0 Å². The van der Waals surface area contributed by atoms with Crippen LogP contribution in [-0.2, 0) is 0 Å². The van der Waals surface area contributed by atoms with E-state index in [-0.39, 0.29) is 11.4 Å². The number of aromatic nitrogens is 2. The number of fused-ring (bicyclic) bond motifs is 1.